The van der Waals surface area contributed by atoms with Gasteiger partial charge in [0, 0.05) is 30.8 Å². The van der Waals surface area contributed by atoms with Gasteiger partial charge in [-0.2, -0.15) is 0 Å². The summed E-state index contributed by atoms with van der Waals surface area (Å²) in [5.41, 5.74) is 2.46. The first-order valence-corrected chi connectivity index (χ1v) is 11.1. The number of fused-ring (bicyclic) bond motifs is 1. The van der Waals surface area contributed by atoms with Crippen LogP contribution in [-0.2, 0) is 12.0 Å². The van der Waals surface area contributed by atoms with Gasteiger partial charge in [0.2, 0.25) is 0 Å². The first-order chi connectivity index (χ1) is 15.6. The van der Waals surface area contributed by atoms with Crippen molar-refractivity contribution in [1.82, 2.24) is 15.2 Å². The van der Waals surface area contributed by atoms with E-state index in [1.54, 1.807) is 17.0 Å². The third-order valence-corrected chi connectivity index (χ3v) is 5.32. The summed E-state index contributed by atoms with van der Waals surface area (Å²) in [6, 6.07) is 8.52. The SMILES string of the molecule is CCOc1[c]c(C(C)(C)C)cc(C(=O)CN2Cc3cc(OCC)c(C(=O)NC)nc3C2=N)c1. The zero-order valence-electron chi connectivity index (χ0n) is 20.1. The summed E-state index contributed by atoms with van der Waals surface area (Å²) in [5.74, 6) is 0.486. The Kier molecular flexibility index (Phi) is 7.05. The van der Waals surface area contributed by atoms with Crippen molar-refractivity contribution in [2.24, 2.45) is 0 Å². The molecular weight excluding hydrogens is 420 g/mol. The number of nitrogens with one attached hydrogen (secondary N) is 2. The van der Waals surface area contributed by atoms with Crippen LogP contribution >= 0.6 is 0 Å². The van der Waals surface area contributed by atoms with Crippen LogP contribution in [0.4, 0.5) is 0 Å². The standard InChI is InChI=1S/C25H31N4O4/c1-7-32-18-10-15(9-17(12-18)25(3,4)5)19(30)14-29-13-16-11-20(33-8-2)22(24(31)27-6)28-21(16)23(29)26/h9-11,26H,7-8,13-14H2,1-6H3,(H,27,31). The summed E-state index contributed by atoms with van der Waals surface area (Å²) in [5, 5.41) is 11.1. The molecule has 8 nitrogen and oxygen atoms in total. The molecule has 1 aromatic heterocycles. The van der Waals surface area contributed by atoms with E-state index in [0.29, 0.717) is 42.5 Å². The third-order valence-electron chi connectivity index (χ3n) is 5.32. The van der Waals surface area contributed by atoms with Gasteiger partial charge in [-0.25, -0.2) is 4.98 Å². The molecule has 33 heavy (non-hydrogen) atoms. The van der Waals surface area contributed by atoms with Gasteiger partial charge in [-0.3, -0.25) is 15.0 Å². The van der Waals surface area contributed by atoms with E-state index in [2.05, 4.69) is 37.1 Å². The minimum absolute atomic E-state index is 0.00757. The summed E-state index contributed by atoms with van der Waals surface area (Å²) in [7, 11) is 1.52. The van der Waals surface area contributed by atoms with Crippen molar-refractivity contribution in [3.63, 3.8) is 0 Å². The molecule has 2 aromatic rings. The van der Waals surface area contributed by atoms with Crippen molar-refractivity contribution in [2.75, 3.05) is 26.8 Å². The summed E-state index contributed by atoms with van der Waals surface area (Å²) < 4.78 is 11.2. The Morgan fingerprint density at radius 3 is 2.48 bits per heavy atom. The first kappa shape index (κ1) is 24.2. The van der Waals surface area contributed by atoms with Crippen LogP contribution in [0.1, 0.15) is 72.3 Å². The average Bonchev–Trinajstić information content (AvgIpc) is 3.06. The maximum atomic E-state index is 13.2. The number of nitrogens with zero attached hydrogens (tertiary/aromatic N) is 2. The van der Waals surface area contributed by atoms with E-state index < -0.39 is 0 Å². The highest BCUT2D eigenvalue weighted by Crippen LogP contribution is 2.30. The van der Waals surface area contributed by atoms with E-state index in [1.807, 2.05) is 19.9 Å². The molecule has 2 heterocycles. The fraction of sp³-hybridized carbons (Fsp3) is 0.440. The molecule has 0 bridgehead atoms. The van der Waals surface area contributed by atoms with Crippen LogP contribution in [0.15, 0.2) is 18.2 Å². The van der Waals surface area contributed by atoms with Crippen LogP contribution in [0.3, 0.4) is 0 Å². The Bertz CT molecular complexity index is 1090. The molecule has 2 N–H and O–H groups in total. The lowest BCUT2D eigenvalue weighted by molar-refractivity contribution is 0.0949. The van der Waals surface area contributed by atoms with Crippen LogP contribution < -0.4 is 14.8 Å². The largest absolute Gasteiger partial charge is 0.493 e. The summed E-state index contributed by atoms with van der Waals surface area (Å²) in [4.78, 5) is 31.5. The van der Waals surface area contributed by atoms with E-state index >= 15 is 0 Å². The fourth-order valence-corrected chi connectivity index (χ4v) is 3.58. The van der Waals surface area contributed by atoms with Gasteiger partial charge in [0.15, 0.2) is 17.2 Å². The first-order valence-electron chi connectivity index (χ1n) is 11.1. The smallest absolute Gasteiger partial charge is 0.273 e. The lowest BCUT2D eigenvalue weighted by Gasteiger charge is -2.21. The van der Waals surface area contributed by atoms with Gasteiger partial charge in [-0.05, 0) is 43.0 Å². The van der Waals surface area contributed by atoms with Crippen LogP contribution in [0.2, 0.25) is 0 Å². The number of benzene rings is 1. The van der Waals surface area contributed by atoms with E-state index in [0.717, 1.165) is 11.1 Å². The van der Waals surface area contributed by atoms with Crippen molar-refractivity contribution >= 4 is 17.5 Å². The predicted molar refractivity (Wildman–Crippen MR) is 126 cm³/mol. The number of carbonyl (C=O) groups is 2. The van der Waals surface area contributed by atoms with Gasteiger partial charge < -0.3 is 19.7 Å². The molecule has 1 aliphatic heterocycles. The molecule has 1 aromatic carbocycles. The highest BCUT2D eigenvalue weighted by molar-refractivity contribution is 6.05. The number of ether oxygens (including phenoxy) is 2. The van der Waals surface area contributed by atoms with Gasteiger partial charge in [-0.15, -0.1) is 0 Å². The van der Waals surface area contributed by atoms with Crippen molar-refractivity contribution < 1.29 is 19.1 Å². The van der Waals surface area contributed by atoms with E-state index in [1.165, 1.54) is 7.05 Å². The maximum Gasteiger partial charge on any atom is 0.273 e. The predicted octanol–water partition coefficient (Wildman–Crippen LogP) is 3.36. The zero-order valence-corrected chi connectivity index (χ0v) is 20.1. The number of amides is 1. The van der Waals surface area contributed by atoms with Crippen molar-refractivity contribution in [3.05, 3.63) is 52.3 Å². The molecule has 0 aliphatic carbocycles. The molecular formula is C25H31N4O4. The van der Waals surface area contributed by atoms with Crippen LogP contribution in [0, 0.1) is 11.5 Å². The monoisotopic (exact) mass is 451 g/mol. The highest BCUT2D eigenvalue weighted by atomic mass is 16.5. The normalized spacial score (nSPS) is 13.0. The van der Waals surface area contributed by atoms with Gasteiger partial charge >= 0.3 is 0 Å². The number of carbonyl (C=O) groups excluding carboxylic acids is 2. The molecule has 0 spiro atoms. The quantitative estimate of drug-likeness (QED) is 0.597. The topological polar surface area (TPSA) is 105 Å². The maximum absolute atomic E-state index is 13.2. The Morgan fingerprint density at radius 1 is 1.18 bits per heavy atom. The second-order valence-corrected chi connectivity index (χ2v) is 8.81. The summed E-state index contributed by atoms with van der Waals surface area (Å²) >= 11 is 0. The van der Waals surface area contributed by atoms with Crippen molar-refractivity contribution in [2.45, 2.75) is 46.6 Å². The van der Waals surface area contributed by atoms with Crippen molar-refractivity contribution in [1.29, 1.82) is 5.41 Å². The van der Waals surface area contributed by atoms with E-state index in [4.69, 9.17) is 14.9 Å². The number of hydrogen-bond acceptors (Lipinski definition) is 6. The number of amidine groups is 1. The number of rotatable bonds is 8. The van der Waals surface area contributed by atoms with E-state index in [-0.39, 0.29) is 35.2 Å². The third kappa shape index (κ3) is 5.16. The number of ketones is 1. The number of aromatic nitrogens is 1. The molecule has 1 amide bonds. The molecule has 0 saturated heterocycles. The molecule has 0 atom stereocenters. The molecule has 3 rings (SSSR count). The number of pyridine rings is 1. The Morgan fingerprint density at radius 2 is 1.88 bits per heavy atom. The van der Waals surface area contributed by atoms with Crippen molar-refractivity contribution in [3.8, 4) is 11.5 Å². The molecule has 8 heteroatoms. The molecule has 175 valence electrons. The Labute approximate surface area is 194 Å². The lowest BCUT2D eigenvalue weighted by atomic mass is 9.85. The number of Topliss-reactive ketones (excluding diaryl/α,β-unsaturated/α-hetero) is 1. The van der Waals surface area contributed by atoms with Gasteiger partial charge in [0.1, 0.15) is 17.3 Å². The summed E-state index contributed by atoms with van der Waals surface area (Å²) in [6.07, 6.45) is 0. The second-order valence-electron chi connectivity index (χ2n) is 8.81. The highest BCUT2D eigenvalue weighted by Gasteiger charge is 2.31. The van der Waals surface area contributed by atoms with Crippen LogP contribution in [0.25, 0.3) is 0 Å². The molecule has 0 fully saturated rings. The fourth-order valence-electron chi connectivity index (χ4n) is 3.58. The second kappa shape index (κ2) is 9.60. The van der Waals surface area contributed by atoms with Gasteiger partial charge in [-0.1, -0.05) is 20.8 Å². The zero-order chi connectivity index (χ0) is 24.3. The minimum Gasteiger partial charge on any atom is -0.493 e. The Balaban J connectivity index is 1.88. The average molecular weight is 452 g/mol. The lowest BCUT2D eigenvalue weighted by Crippen LogP contribution is -2.31. The summed E-state index contributed by atoms with van der Waals surface area (Å²) in [6.45, 7) is 11.1. The Hall–Kier alpha value is -3.42. The molecule has 1 radical (unpaired) electrons. The number of hydrogen-bond donors (Lipinski definition) is 2. The minimum atomic E-state index is -0.387. The van der Waals surface area contributed by atoms with Crippen LogP contribution in [-0.4, -0.2) is 54.2 Å². The molecule has 1 aliphatic rings. The van der Waals surface area contributed by atoms with Gasteiger partial charge in [0.05, 0.1) is 19.8 Å². The van der Waals surface area contributed by atoms with E-state index in [9.17, 15) is 9.59 Å². The molecule has 0 unspecified atom stereocenters. The molecule has 0 saturated carbocycles. The van der Waals surface area contributed by atoms with Gasteiger partial charge in [0.25, 0.3) is 5.91 Å². The van der Waals surface area contributed by atoms with Crippen LogP contribution in [0.5, 0.6) is 11.5 Å².